The topological polar surface area (TPSA) is 44.3 Å². The number of hydrogen-bond donors (Lipinski definition) is 3. The Balaban J connectivity index is 2.00. The third-order valence-corrected chi connectivity index (χ3v) is 2.28. The minimum absolute atomic E-state index is 0.250. The first-order valence-corrected chi connectivity index (χ1v) is 4.62. The number of aliphatic hydroxyl groups is 1. The molecule has 0 bridgehead atoms. The van der Waals surface area contributed by atoms with Gasteiger partial charge < -0.3 is 15.7 Å². The number of fused-ring (bicyclic) bond motifs is 1. The SMILES string of the molecule is OCCCNc1cccc2c1CN2. The molecule has 0 spiro atoms. The van der Waals surface area contributed by atoms with Crippen molar-refractivity contribution in [3.63, 3.8) is 0 Å². The maximum Gasteiger partial charge on any atom is 0.0447 e. The predicted molar refractivity (Wildman–Crippen MR) is 54.0 cm³/mol. The van der Waals surface area contributed by atoms with Crippen LogP contribution in [0.2, 0.25) is 0 Å². The van der Waals surface area contributed by atoms with Gasteiger partial charge in [0, 0.05) is 36.6 Å². The lowest BCUT2D eigenvalue weighted by molar-refractivity contribution is 0.292. The van der Waals surface area contributed by atoms with Gasteiger partial charge in [0.2, 0.25) is 0 Å². The molecule has 70 valence electrons. The van der Waals surface area contributed by atoms with E-state index in [1.807, 2.05) is 6.07 Å². The van der Waals surface area contributed by atoms with Crippen LogP contribution in [-0.2, 0) is 6.54 Å². The van der Waals surface area contributed by atoms with Crippen molar-refractivity contribution < 1.29 is 5.11 Å². The van der Waals surface area contributed by atoms with Crippen LogP contribution in [0.5, 0.6) is 0 Å². The molecule has 0 radical (unpaired) electrons. The molecule has 0 fully saturated rings. The number of benzene rings is 1. The summed E-state index contributed by atoms with van der Waals surface area (Å²) >= 11 is 0. The highest BCUT2D eigenvalue weighted by molar-refractivity contribution is 5.71. The Morgan fingerprint density at radius 2 is 2.38 bits per heavy atom. The molecule has 3 nitrogen and oxygen atoms in total. The molecule has 3 heteroatoms. The summed E-state index contributed by atoms with van der Waals surface area (Å²) in [6, 6.07) is 6.19. The Kier molecular flexibility index (Phi) is 2.36. The van der Waals surface area contributed by atoms with Gasteiger partial charge in [0.1, 0.15) is 0 Å². The molecule has 1 aliphatic heterocycles. The van der Waals surface area contributed by atoms with Crippen LogP contribution in [0.15, 0.2) is 18.2 Å². The lowest BCUT2D eigenvalue weighted by atomic mass is 10.0. The molecule has 13 heavy (non-hydrogen) atoms. The molecular weight excluding hydrogens is 164 g/mol. The molecule has 0 unspecified atom stereocenters. The van der Waals surface area contributed by atoms with Crippen molar-refractivity contribution in [2.24, 2.45) is 0 Å². The molecule has 2 rings (SSSR count). The van der Waals surface area contributed by atoms with Gasteiger partial charge >= 0.3 is 0 Å². The Hall–Kier alpha value is -1.22. The van der Waals surface area contributed by atoms with E-state index < -0.39 is 0 Å². The van der Waals surface area contributed by atoms with Gasteiger partial charge in [-0.3, -0.25) is 0 Å². The highest BCUT2D eigenvalue weighted by Crippen LogP contribution is 2.31. The second-order valence-electron chi connectivity index (χ2n) is 3.19. The van der Waals surface area contributed by atoms with E-state index in [2.05, 4.69) is 22.8 Å². The molecule has 0 atom stereocenters. The summed E-state index contributed by atoms with van der Waals surface area (Å²) in [7, 11) is 0. The smallest absolute Gasteiger partial charge is 0.0447 e. The molecule has 0 saturated carbocycles. The number of anilines is 2. The minimum Gasteiger partial charge on any atom is -0.396 e. The van der Waals surface area contributed by atoms with Gasteiger partial charge in [0.05, 0.1) is 0 Å². The highest BCUT2D eigenvalue weighted by Gasteiger charge is 2.14. The van der Waals surface area contributed by atoms with E-state index in [0.717, 1.165) is 19.5 Å². The third kappa shape index (κ3) is 1.60. The van der Waals surface area contributed by atoms with Gasteiger partial charge in [-0.1, -0.05) is 6.07 Å². The van der Waals surface area contributed by atoms with Gasteiger partial charge in [-0.15, -0.1) is 0 Å². The van der Waals surface area contributed by atoms with Crippen molar-refractivity contribution in [3.8, 4) is 0 Å². The maximum absolute atomic E-state index is 8.63. The van der Waals surface area contributed by atoms with Gasteiger partial charge in [0.25, 0.3) is 0 Å². The summed E-state index contributed by atoms with van der Waals surface area (Å²) in [4.78, 5) is 0. The fourth-order valence-corrected chi connectivity index (χ4v) is 1.49. The summed E-state index contributed by atoms with van der Waals surface area (Å²) in [6.07, 6.45) is 0.803. The van der Waals surface area contributed by atoms with Crippen molar-refractivity contribution in [3.05, 3.63) is 23.8 Å². The average Bonchev–Trinajstić information content (AvgIpc) is 2.08. The molecule has 0 aliphatic carbocycles. The van der Waals surface area contributed by atoms with Gasteiger partial charge in [-0.05, 0) is 18.6 Å². The molecular formula is C10H14N2O. The van der Waals surface area contributed by atoms with E-state index in [1.165, 1.54) is 16.9 Å². The Morgan fingerprint density at radius 3 is 3.08 bits per heavy atom. The second-order valence-corrected chi connectivity index (χ2v) is 3.19. The first kappa shape index (κ1) is 8.38. The molecule has 3 N–H and O–H groups in total. The fraction of sp³-hybridized carbons (Fsp3) is 0.400. The van der Waals surface area contributed by atoms with E-state index in [0.29, 0.717) is 0 Å². The second kappa shape index (κ2) is 3.66. The Morgan fingerprint density at radius 1 is 1.46 bits per heavy atom. The van der Waals surface area contributed by atoms with Gasteiger partial charge in [-0.25, -0.2) is 0 Å². The first-order chi connectivity index (χ1) is 6.42. The van der Waals surface area contributed by atoms with E-state index in [1.54, 1.807) is 0 Å². The van der Waals surface area contributed by atoms with Crippen molar-refractivity contribution in [2.75, 3.05) is 23.8 Å². The Bertz CT molecular complexity index is 299. The lowest BCUT2D eigenvalue weighted by Gasteiger charge is -2.24. The largest absolute Gasteiger partial charge is 0.396 e. The zero-order valence-electron chi connectivity index (χ0n) is 7.51. The molecule has 1 aromatic carbocycles. The molecule has 0 aromatic heterocycles. The number of nitrogens with one attached hydrogen (secondary N) is 2. The van der Waals surface area contributed by atoms with Crippen LogP contribution in [0.25, 0.3) is 0 Å². The predicted octanol–water partition coefficient (Wildman–Crippen LogP) is 1.41. The standard InChI is InChI=1S/C10H14N2O/c13-6-2-5-11-9-3-1-4-10-8(9)7-12-10/h1,3-4,11-13H,2,5-7H2. The quantitative estimate of drug-likeness (QED) is 0.611. The monoisotopic (exact) mass is 178 g/mol. The van der Waals surface area contributed by atoms with Crippen molar-refractivity contribution in [2.45, 2.75) is 13.0 Å². The van der Waals surface area contributed by atoms with E-state index in [4.69, 9.17) is 5.11 Å². The maximum atomic E-state index is 8.63. The van der Waals surface area contributed by atoms with Crippen molar-refractivity contribution in [1.82, 2.24) is 0 Å². The third-order valence-electron chi connectivity index (χ3n) is 2.28. The lowest BCUT2D eigenvalue weighted by Crippen LogP contribution is -2.17. The van der Waals surface area contributed by atoms with Crippen LogP contribution in [0, 0.1) is 0 Å². The van der Waals surface area contributed by atoms with Crippen LogP contribution in [-0.4, -0.2) is 18.3 Å². The first-order valence-electron chi connectivity index (χ1n) is 4.62. The summed E-state index contributed by atoms with van der Waals surface area (Å²) in [6.45, 7) is 2.05. The molecule has 0 saturated heterocycles. The Labute approximate surface area is 77.8 Å². The highest BCUT2D eigenvalue weighted by atomic mass is 16.3. The average molecular weight is 178 g/mol. The van der Waals surface area contributed by atoms with E-state index in [9.17, 15) is 0 Å². The number of aliphatic hydroxyl groups excluding tert-OH is 1. The van der Waals surface area contributed by atoms with Gasteiger partial charge in [-0.2, -0.15) is 0 Å². The van der Waals surface area contributed by atoms with Gasteiger partial charge in [0.15, 0.2) is 0 Å². The van der Waals surface area contributed by atoms with Crippen molar-refractivity contribution >= 4 is 11.4 Å². The fourth-order valence-electron chi connectivity index (χ4n) is 1.49. The molecule has 1 aliphatic rings. The normalized spacial score (nSPS) is 12.7. The van der Waals surface area contributed by atoms with Crippen LogP contribution >= 0.6 is 0 Å². The van der Waals surface area contributed by atoms with E-state index >= 15 is 0 Å². The number of rotatable bonds is 4. The van der Waals surface area contributed by atoms with Crippen molar-refractivity contribution in [1.29, 1.82) is 0 Å². The van der Waals surface area contributed by atoms with Crippen LogP contribution in [0.1, 0.15) is 12.0 Å². The molecule has 1 aromatic rings. The van der Waals surface area contributed by atoms with Crippen LogP contribution in [0.3, 0.4) is 0 Å². The minimum atomic E-state index is 0.250. The zero-order valence-corrected chi connectivity index (χ0v) is 7.51. The zero-order chi connectivity index (χ0) is 9.10. The summed E-state index contributed by atoms with van der Waals surface area (Å²) in [5.74, 6) is 0. The molecule has 0 amide bonds. The molecule has 1 heterocycles. The van der Waals surface area contributed by atoms with E-state index in [-0.39, 0.29) is 6.61 Å². The summed E-state index contributed by atoms with van der Waals surface area (Å²) in [5, 5.41) is 15.2. The van der Waals surface area contributed by atoms with Crippen LogP contribution in [0.4, 0.5) is 11.4 Å². The van der Waals surface area contributed by atoms with Crippen LogP contribution < -0.4 is 10.6 Å². The summed E-state index contributed by atoms with van der Waals surface area (Å²) < 4.78 is 0. The summed E-state index contributed by atoms with van der Waals surface area (Å²) in [5.41, 5.74) is 3.79. The number of hydrogen-bond acceptors (Lipinski definition) is 3.